The average Bonchev–Trinajstić information content (AvgIpc) is 3.65. The molecule has 8 aromatic carbocycles. The van der Waals surface area contributed by atoms with Gasteiger partial charge in [-0.2, -0.15) is 0 Å². The van der Waals surface area contributed by atoms with Crippen LogP contribution < -0.4 is 4.90 Å². The summed E-state index contributed by atoms with van der Waals surface area (Å²) in [6, 6.07) is 73.8. The first-order valence-corrected chi connectivity index (χ1v) is 18.6. The van der Waals surface area contributed by atoms with E-state index in [0.717, 1.165) is 17.1 Å². The zero-order valence-corrected chi connectivity index (χ0v) is 30.0. The molecule has 0 aliphatic heterocycles. The second-order valence-electron chi connectivity index (χ2n) is 14.8. The number of para-hydroxylation sites is 2. The van der Waals surface area contributed by atoms with Gasteiger partial charge in [-0.05, 0) is 111 Å². The van der Waals surface area contributed by atoms with Gasteiger partial charge in [0.25, 0.3) is 0 Å². The third-order valence-corrected chi connectivity index (χ3v) is 12.0. The first-order valence-electron chi connectivity index (χ1n) is 18.6. The topological polar surface area (TPSA) is 3.24 Å². The summed E-state index contributed by atoms with van der Waals surface area (Å²) in [6.07, 6.45) is 0. The molecule has 1 heteroatoms. The van der Waals surface area contributed by atoms with E-state index in [1.807, 2.05) is 0 Å². The van der Waals surface area contributed by atoms with Crippen molar-refractivity contribution in [1.29, 1.82) is 0 Å². The maximum atomic E-state index is 2.45. The van der Waals surface area contributed by atoms with Gasteiger partial charge < -0.3 is 4.90 Å². The second kappa shape index (κ2) is 12.1. The number of hydrogen-bond acceptors (Lipinski definition) is 1. The van der Waals surface area contributed by atoms with E-state index in [0.29, 0.717) is 0 Å². The summed E-state index contributed by atoms with van der Waals surface area (Å²) in [7, 11) is 0. The zero-order valence-electron chi connectivity index (χ0n) is 30.0. The van der Waals surface area contributed by atoms with Gasteiger partial charge in [0.05, 0.1) is 5.69 Å². The Hall–Kier alpha value is -6.44. The number of nitrogens with zero attached hydrogens (tertiary/aromatic N) is 1. The fourth-order valence-electron chi connectivity index (χ4n) is 9.36. The van der Waals surface area contributed by atoms with Crippen LogP contribution >= 0.6 is 0 Å². The molecule has 0 spiro atoms. The van der Waals surface area contributed by atoms with Crippen molar-refractivity contribution in [3.05, 3.63) is 234 Å². The molecule has 0 bridgehead atoms. The number of rotatable bonds is 6. The van der Waals surface area contributed by atoms with Gasteiger partial charge in [0.2, 0.25) is 0 Å². The Kier molecular flexibility index (Phi) is 7.13. The van der Waals surface area contributed by atoms with Crippen LogP contribution in [0.15, 0.2) is 200 Å². The molecule has 53 heavy (non-hydrogen) atoms. The minimum absolute atomic E-state index is 0.270. The van der Waals surface area contributed by atoms with E-state index in [9.17, 15) is 0 Å². The molecule has 1 nitrogen and oxygen atoms in total. The Morgan fingerprint density at radius 1 is 0.321 bits per heavy atom. The minimum Gasteiger partial charge on any atom is -0.310 e. The van der Waals surface area contributed by atoms with Gasteiger partial charge in [0, 0.05) is 27.8 Å². The summed E-state index contributed by atoms with van der Waals surface area (Å²) in [5.74, 6) is 0. The third-order valence-electron chi connectivity index (χ3n) is 12.0. The Bertz CT molecular complexity index is 2640. The van der Waals surface area contributed by atoms with Crippen molar-refractivity contribution in [2.45, 2.75) is 24.7 Å². The fraction of sp³-hybridized carbons (Fsp3) is 0.0769. The van der Waals surface area contributed by atoms with Crippen LogP contribution in [0.25, 0.3) is 33.4 Å². The highest BCUT2D eigenvalue weighted by Crippen LogP contribution is 2.56. The smallest absolute Gasteiger partial charge is 0.0540 e. The zero-order chi connectivity index (χ0) is 35.6. The normalized spacial score (nSPS) is 17.8. The molecule has 0 radical (unpaired) electrons. The maximum absolute atomic E-state index is 2.45. The van der Waals surface area contributed by atoms with Crippen molar-refractivity contribution >= 4 is 17.1 Å². The summed E-state index contributed by atoms with van der Waals surface area (Å²) in [5.41, 5.74) is 18.5. The molecule has 0 fully saturated rings. The molecule has 0 N–H and O–H groups in total. The number of hydrogen-bond donors (Lipinski definition) is 0. The van der Waals surface area contributed by atoms with Crippen molar-refractivity contribution in [2.75, 3.05) is 4.90 Å². The molecule has 252 valence electrons. The second-order valence-corrected chi connectivity index (χ2v) is 14.8. The molecule has 0 aromatic heterocycles. The van der Waals surface area contributed by atoms with Crippen LogP contribution in [-0.2, 0) is 10.8 Å². The van der Waals surface area contributed by atoms with Gasteiger partial charge in [0.1, 0.15) is 0 Å². The monoisotopic (exact) mass is 677 g/mol. The summed E-state index contributed by atoms with van der Waals surface area (Å²) in [4.78, 5) is 2.45. The fourth-order valence-corrected chi connectivity index (χ4v) is 9.36. The third kappa shape index (κ3) is 4.64. The van der Waals surface area contributed by atoms with Crippen LogP contribution in [0.3, 0.4) is 0 Å². The molecule has 0 saturated carbocycles. The summed E-state index contributed by atoms with van der Waals surface area (Å²) >= 11 is 0. The van der Waals surface area contributed by atoms with Gasteiger partial charge in [-0.15, -0.1) is 0 Å². The van der Waals surface area contributed by atoms with Crippen LogP contribution in [0.2, 0.25) is 0 Å². The van der Waals surface area contributed by atoms with E-state index < -0.39 is 0 Å². The van der Waals surface area contributed by atoms with Crippen molar-refractivity contribution in [1.82, 2.24) is 0 Å². The van der Waals surface area contributed by atoms with E-state index in [2.05, 4.69) is 219 Å². The Labute approximate surface area is 312 Å². The van der Waals surface area contributed by atoms with E-state index in [4.69, 9.17) is 0 Å². The standard InChI is InChI=1S/C52H39N/c1-51(37-18-6-3-7-19-37)46-27-15-12-25-42(46)44-32-30-36(34-48(44)51)41-24-14-17-29-50(41)53(39-22-10-5-11-23-39)40-31-33-45-43-26-13-16-28-47(43)52(2,49(45)35-40)38-20-8-4-9-21-38/h3-35H,1-2H3. The summed E-state index contributed by atoms with van der Waals surface area (Å²) in [6.45, 7) is 4.79. The van der Waals surface area contributed by atoms with E-state index in [1.54, 1.807) is 0 Å². The Morgan fingerprint density at radius 2 is 0.755 bits per heavy atom. The average molecular weight is 678 g/mol. The lowest BCUT2D eigenvalue weighted by atomic mass is 9.74. The summed E-state index contributed by atoms with van der Waals surface area (Å²) in [5, 5.41) is 0. The largest absolute Gasteiger partial charge is 0.310 e. The van der Waals surface area contributed by atoms with Gasteiger partial charge >= 0.3 is 0 Å². The highest BCUT2D eigenvalue weighted by atomic mass is 15.1. The lowest BCUT2D eigenvalue weighted by molar-refractivity contribution is 0.714. The van der Waals surface area contributed by atoms with Gasteiger partial charge in [-0.1, -0.05) is 164 Å². The van der Waals surface area contributed by atoms with Gasteiger partial charge in [-0.25, -0.2) is 0 Å². The summed E-state index contributed by atoms with van der Waals surface area (Å²) < 4.78 is 0. The molecule has 2 atom stereocenters. The SMILES string of the molecule is CC1(c2ccccc2)c2ccccc2-c2ccc(-c3ccccc3N(c3ccccc3)c3ccc4c(c3)C(C)(c3ccccc3)c3ccccc3-4)cc21. The number of benzene rings is 8. The Morgan fingerprint density at radius 3 is 1.34 bits per heavy atom. The lowest BCUT2D eigenvalue weighted by Crippen LogP contribution is -2.23. The highest BCUT2D eigenvalue weighted by Gasteiger charge is 2.42. The van der Waals surface area contributed by atoms with Gasteiger partial charge in [-0.3, -0.25) is 0 Å². The minimum atomic E-state index is -0.290. The Balaban J connectivity index is 1.17. The molecule has 2 aliphatic rings. The van der Waals surface area contributed by atoms with Crippen LogP contribution in [-0.4, -0.2) is 0 Å². The molecule has 0 amide bonds. The van der Waals surface area contributed by atoms with Crippen molar-refractivity contribution in [2.24, 2.45) is 0 Å². The molecule has 2 aliphatic carbocycles. The van der Waals surface area contributed by atoms with E-state index in [-0.39, 0.29) is 10.8 Å². The predicted octanol–water partition coefficient (Wildman–Crippen LogP) is 13.5. The first kappa shape index (κ1) is 31.3. The van der Waals surface area contributed by atoms with Crippen molar-refractivity contribution in [3.8, 4) is 33.4 Å². The van der Waals surface area contributed by atoms with E-state index >= 15 is 0 Å². The van der Waals surface area contributed by atoms with E-state index in [1.165, 1.54) is 66.8 Å². The number of fused-ring (bicyclic) bond motifs is 6. The van der Waals surface area contributed by atoms with Crippen LogP contribution in [0, 0.1) is 0 Å². The van der Waals surface area contributed by atoms with Crippen LogP contribution in [0.1, 0.15) is 47.2 Å². The van der Waals surface area contributed by atoms with Gasteiger partial charge in [0.15, 0.2) is 0 Å². The predicted molar refractivity (Wildman–Crippen MR) is 221 cm³/mol. The highest BCUT2D eigenvalue weighted by molar-refractivity contribution is 5.93. The molecule has 10 rings (SSSR count). The lowest BCUT2D eigenvalue weighted by Gasteiger charge is -2.32. The maximum Gasteiger partial charge on any atom is 0.0540 e. The van der Waals surface area contributed by atoms with Crippen molar-refractivity contribution in [3.63, 3.8) is 0 Å². The quantitative estimate of drug-likeness (QED) is 0.169. The molecular weight excluding hydrogens is 639 g/mol. The molecular formula is C52H39N. The number of anilines is 3. The molecule has 8 aromatic rings. The van der Waals surface area contributed by atoms with Crippen LogP contribution in [0.5, 0.6) is 0 Å². The van der Waals surface area contributed by atoms with Crippen LogP contribution in [0.4, 0.5) is 17.1 Å². The molecule has 0 heterocycles. The van der Waals surface area contributed by atoms with Crippen molar-refractivity contribution < 1.29 is 0 Å². The first-order chi connectivity index (χ1) is 26.1. The molecule has 0 saturated heterocycles. The molecule has 2 unspecified atom stereocenters.